The van der Waals surface area contributed by atoms with Crippen LogP contribution in [-0.4, -0.2) is 33.2 Å². The summed E-state index contributed by atoms with van der Waals surface area (Å²) in [5.74, 6) is 0.332. The molecule has 3 rings (SSSR count). The van der Waals surface area contributed by atoms with Gasteiger partial charge in [-0.05, 0) is 32.0 Å². The highest BCUT2D eigenvalue weighted by Gasteiger charge is 2.19. The molecule has 0 radical (unpaired) electrons. The molecule has 27 heavy (non-hydrogen) atoms. The number of amides is 1. The lowest BCUT2D eigenvalue weighted by molar-refractivity contribution is 0.102. The van der Waals surface area contributed by atoms with Crippen LogP contribution in [0.25, 0.3) is 11.0 Å². The van der Waals surface area contributed by atoms with Crippen molar-refractivity contribution < 1.29 is 14.3 Å². The Labute approximate surface area is 156 Å². The van der Waals surface area contributed by atoms with Crippen molar-refractivity contribution in [1.82, 2.24) is 14.1 Å². The van der Waals surface area contributed by atoms with Gasteiger partial charge < -0.3 is 14.8 Å². The number of rotatable bonds is 5. The largest absolute Gasteiger partial charge is 0.489 e. The number of fused-ring (bicyclic) bond motifs is 1. The quantitative estimate of drug-likeness (QED) is 0.745. The van der Waals surface area contributed by atoms with Crippen LogP contribution in [0.4, 0.5) is 5.69 Å². The lowest BCUT2D eigenvalue weighted by atomic mass is 10.2. The average molecular weight is 370 g/mol. The molecule has 142 valence electrons. The fourth-order valence-electron chi connectivity index (χ4n) is 2.89. The first-order valence-corrected chi connectivity index (χ1v) is 8.50. The van der Waals surface area contributed by atoms with Gasteiger partial charge in [0.25, 0.3) is 5.91 Å². The monoisotopic (exact) mass is 370 g/mol. The van der Waals surface area contributed by atoms with Gasteiger partial charge in [-0.1, -0.05) is 0 Å². The number of nitrogens with one attached hydrogen (secondary N) is 1. The van der Waals surface area contributed by atoms with Crippen molar-refractivity contribution in [3.8, 4) is 11.6 Å². The summed E-state index contributed by atoms with van der Waals surface area (Å²) in [4.78, 5) is 29.0. The highest BCUT2D eigenvalue weighted by Crippen LogP contribution is 2.31. The van der Waals surface area contributed by atoms with Gasteiger partial charge >= 0.3 is 5.69 Å². The molecule has 0 aliphatic rings. The molecule has 8 nitrogen and oxygen atoms in total. The summed E-state index contributed by atoms with van der Waals surface area (Å²) in [6, 6.07) is 6.77. The van der Waals surface area contributed by atoms with Crippen LogP contribution in [0.2, 0.25) is 0 Å². The number of carbonyl (C=O) groups excluding carboxylic acids is 1. The summed E-state index contributed by atoms with van der Waals surface area (Å²) in [7, 11) is 4.84. The SMILES string of the molecule is COc1ncccc1C(=O)Nc1cc2c(cc1OC(C)C)n(C)c(=O)n2C. The van der Waals surface area contributed by atoms with Gasteiger partial charge in [0, 0.05) is 26.4 Å². The third-order valence-corrected chi connectivity index (χ3v) is 4.19. The predicted octanol–water partition coefficient (Wildman–Crippen LogP) is 2.32. The van der Waals surface area contributed by atoms with E-state index in [1.54, 1.807) is 44.6 Å². The lowest BCUT2D eigenvalue weighted by Crippen LogP contribution is -2.19. The molecule has 0 bridgehead atoms. The molecule has 0 fully saturated rings. The van der Waals surface area contributed by atoms with Gasteiger partial charge in [-0.3, -0.25) is 13.9 Å². The first kappa shape index (κ1) is 18.5. The number of benzene rings is 1. The van der Waals surface area contributed by atoms with E-state index in [1.165, 1.54) is 16.2 Å². The Morgan fingerprint density at radius 2 is 1.85 bits per heavy atom. The van der Waals surface area contributed by atoms with E-state index in [4.69, 9.17) is 9.47 Å². The first-order chi connectivity index (χ1) is 12.8. The molecular weight excluding hydrogens is 348 g/mol. The van der Waals surface area contributed by atoms with Gasteiger partial charge in [0.15, 0.2) is 0 Å². The van der Waals surface area contributed by atoms with E-state index in [-0.39, 0.29) is 23.6 Å². The fourth-order valence-corrected chi connectivity index (χ4v) is 2.89. The minimum Gasteiger partial charge on any atom is -0.489 e. The Balaban J connectivity index is 2.10. The van der Waals surface area contributed by atoms with Crippen molar-refractivity contribution in [3.63, 3.8) is 0 Å². The number of hydrogen-bond acceptors (Lipinski definition) is 5. The number of ether oxygens (including phenoxy) is 2. The Bertz CT molecular complexity index is 1070. The molecule has 0 aliphatic carbocycles. The summed E-state index contributed by atoms with van der Waals surface area (Å²) in [5.41, 5.74) is 2.02. The molecule has 0 aliphatic heterocycles. The molecule has 2 aromatic heterocycles. The topological polar surface area (TPSA) is 87.4 Å². The van der Waals surface area contributed by atoms with Gasteiger partial charge in [-0.15, -0.1) is 0 Å². The number of imidazole rings is 1. The van der Waals surface area contributed by atoms with Crippen LogP contribution in [0, 0.1) is 0 Å². The molecule has 1 aromatic carbocycles. The molecule has 0 saturated carbocycles. The third kappa shape index (κ3) is 3.38. The van der Waals surface area contributed by atoms with E-state index in [1.807, 2.05) is 13.8 Å². The van der Waals surface area contributed by atoms with Gasteiger partial charge in [-0.2, -0.15) is 0 Å². The molecule has 1 amide bonds. The second kappa shape index (κ2) is 7.14. The van der Waals surface area contributed by atoms with E-state index in [0.29, 0.717) is 22.5 Å². The Morgan fingerprint density at radius 1 is 1.19 bits per heavy atom. The summed E-state index contributed by atoms with van der Waals surface area (Å²) in [5, 5.41) is 2.85. The summed E-state index contributed by atoms with van der Waals surface area (Å²) in [6.07, 6.45) is 1.45. The molecular formula is C19H22N4O4. The van der Waals surface area contributed by atoms with Crippen molar-refractivity contribution in [2.45, 2.75) is 20.0 Å². The number of methoxy groups -OCH3 is 1. The Kier molecular flexibility index (Phi) is 4.89. The lowest BCUT2D eigenvalue weighted by Gasteiger charge is -2.16. The smallest absolute Gasteiger partial charge is 0.328 e. The van der Waals surface area contributed by atoms with Crippen LogP contribution in [0.1, 0.15) is 24.2 Å². The number of aryl methyl sites for hydroxylation is 2. The van der Waals surface area contributed by atoms with Gasteiger partial charge in [0.1, 0.15) is 11.3 Å². The summed E-state index contributed by atoms with van der Waals surface area (Å²) >= 11 is 0. The molecule has 0 unspecified atom stereocenters. The highest BCUT2D eigenvalue weighted by molar-refractivity contribution is 6.07. The van der Waals surface area contributed by atoms with Crippen molar-refractivity contribution in [2.75, 3.05) is 12.4 Å². The van der Waals surface area contributed by atoms with Crippen molar-refractivity contribution in [2.24, 2.45) is 14.1 Å². The van der Waals surface area contributed by atoms with E-state index < -0.39 is 0 Å². The molecule has 3 aromatic rings. The number of nitrogens with zero attached hydrogens (tertiary/aromatic N) is 3. The number of anilines is 1. The molecule has 0 atom stereocenters. The van der Waals surface area contributed by atoms with Crippen molar-refractivity contribution >= 4 is 22.6 Å². The maximum atomic E-state index is 12.8. The van der Waals surface area contributed by atoms with Crippen molar-refractivity contribution in [1.29, 1.82) is 0 Å². The minimum absolute atomic E-state index is 0.105. The van der Waals surface area contributed by atoms with E-state index in [9.17, 15) is 9.59 Å². The highest BCUT2D eigenvalue weighted by atomic mass is 16.5. The van der Waals surface area contributed by atoms with Gasteiger partial charge in [0.2, 0.25) is 5.88 Å². The molecule has 1 N–H and O–H groups in total. The van der Waals surface area contributed by atoms with Crippen LogP contribution in [-0.2, 0) is 14.1 Å². The number of aromatic nitrogens is 3. The molecule has 0 spiro atoms. The predicted molar refractivity (Wildman–Crippen MR) is 103 cm³/mol. The van der Waals surface area contributed by atoms with Crippen LogP contribution >= 0.6 is 0 Å². The van der Waals surface area contributed by atoms with E-state index in [0.717, 1.165) is 5.52 Å². The van der Waals surface area contributed by atoms with Gasteiger partial charge in [0.05, 0.1) is 29.9 Å². The van der Waals surface area contributed by atoms with E-state index in [2.05, 4.69) is 10.3 Å². The maximum absolute atomic E-state index is 12.8. The van der Waals surface area contributed by atoms with Crippen LogP contribution < -0.4 is 20.5 Å². The van der Waals surface area contributed by atoms with Crippen molar-refractivity contribution in [3.05, 3.63) is 46.5 Å². The second-order valence-corrected chi connectivity index (χ2v) is 6.42. The van der Waals surface area contributed by atoms with Crippen LogP contribution in [0.5, 0.6) is 11.6 Å². The zero-order valence-electron chi connectivity index (χ0n) is 15.9. The molecule has 2 heterocycles. The first-order valence-electron chi connectivity index (χ1n) is 8.50. The zero-order valence-corrected chi connectivity index (χ0v) is 15.9. The Morgan fingerprint density at radius 3 is 2.48 bits per heavy atom. The summed E-state index contributed by atoms with van der Waals surface area (Å²) < 4.78 is 14.1. The molecule has 8 heteroatoms. The third-order valence-electron chi connectivity index (χ3n) is 4.19. The minimum atomic E-state index is -0.381. The number of carbonyl (C=O) groups is 1. The molecule has 0 saturated heterocycles. The zero-order chi connectivity index (χ0) is 19.7. The average Bonchev–Trinajstić information content (AvgIpc) is 2.85. The normalized spacial score (nSPS) is 11.0. The Hall–Kier alpha value is -3.29. The fraction of sp³-hybridized carbons (Fsp3) is 0.316. The second-order valence-electron chi connectivity index (χ2n) is 6.42. The van der Waals surface area contributed by atoms with Gasteiger partial charge in [-0.25, -0.2) is 9.78 Å². The van der Waals surface area contributed by atoms with Crippen LogP contribution in [0.3, 0.4) is 0 Å². The number of hydrogen-bond donors (Lipinski definition) is 1. The summed E-state index contributed by atoms with van der Waals surface area (Å²) in [6.45, 7) is 3.79. The van der Waals surface area contributed by atoms with E-state index >= 15 is 0 Å². The standard InChI is InChI=1S/C19H22N4O4/c1-11(2)27-16-10-15-14(22(3)19(25)23(15)4)9-13(16)21-17(24)12-7-6-8-20-18(12)26-5/h6-11H,1-5H3,(H,21,24). The maximum Gasteiger partial charge on any atom is 0.328 e. The van der Waals surface area contributed by atoms with Crippen LogP contribution in [0.15, 0.2) is 35.3 Å². The number of pyridine rings is 1.